The fraction of sp³-hybridized carbons (Fsp3) is 0.625. The van der Waals surface area contributed by atoms with Gasteiger partial charge in [-0.2, -0.15) is 0 Å². The summed E-state index contributed by atoms with van der Waals surface area (Å²) in [6.07, 6.45) is 4.91. The van der Waals surface area contributed by atoms with Crippen molar-refractivity contribution >= 4 is 11.7 Å². The van der Waals surface area contributed by atoms with E-state index in [9.17, 15) is 9.59 Å². The zero-order valence-corrected chi connectivity index (χ0v) is 14.1. The molecule has 3 heterocycles. The summed E-state index contributed by atoms with van der Waals surface area (Å²) >= 11 is 0. The van der Waals surface area contributed by atoms with Gasteiger partial charge in [0.1, 0.15) is 11.2 Å². The fourth-order valence-corrected chi connectivity index (χ4v) is 3.04. The van der Waals surface area contributed by atoms with Gasteiger partial charge in [0.05, 0.1) is 6.20 Å². The van der Waals surface area contributed by atoms with E-state index in [-0.39, 0.29) is 17.8 Å². The van der Waals surface area contributed by atoms with Crippen molar-refractivity contribution in [2.24, 2.45) is 0 Å². The van der Waals surface area contributed by atoms with Crippen LogP contribution in [0, 0.1) is 6.92 Å². The predicted molar refractivity (Wildman–Crippen MR) is 86.8 cm³/mol. The molecule has 3 rings (SSSR count). The van der Waals surface area contributed by atoms with Crippen LogP contribution in [0.25, 0.3) is 5.65 Å². The number of fused-ring (bicyclic) bond motifs is 1. The summed E-state index contributed by atoms with van der Waals surface area (Å²) in [5.41, 5.74) is 1.26. The molecule has 1 N–H and O–H groups in total. The number of aromatic nitrogens is 3. The topological polar surface area (TPSA) is 71.7 Å². The number of hydrogen-bond donors (Lipinski definition) is 1. The number of hydrogen-bond acceptors (Lipinski definition) is 3. The van der Waals surface area contributed by atoms with Gasteiger partial charge >= 0.3 is 11.8 Å². The first kappa shape index (κ1) is 15.7. The Morgan fingerprint density at radius 3 is 2.48 bits per heavy atom. The SMILES string of the molecule is Cc1cn2c(=O)n(C3CCN(C(=O)OC(C)(C)C)CC3)cc2[nH]1. The van der Waals surface area contributed by atoms with E-state index in [4.69, 9.17) is 4.74 Å². The average molecular weight is 320 g/mol. The maximum atomic E-state index is 12.4. The summed E-state index contributed by atoms with van der Waals surface area (Å²) in [5.74, 6) is 0. The number of likely N-dealkylation sites (tertiary alicyclic amines) is 1. The lowest BCUT2D eigenvalue weighted by atomic mass is 10.1. The molecule has 2 aromatic rings. The highest BCUT2D eigenvalue weighted by atomic mass is 16.6. The molecule has 1 aliphatic rings. The highest BCUT2D eigenvalue weighted by Gasteiger charge is 2.28. The van der Waals surface area contributed by atoms with Gasteiger partial charge < -0.3 is 14.6 Å². The molecular formula is C16H24N4O3. The molecule has 0 aliphatic carbocycles. The van der Waals surface area contributed by atoms with E-state index >= 15 is 0 Å². The number of rotatable bonds is 1. The molecule has 0 bridgehead atoms. The fourth-order valence-electron chi connectivity index (χ4n) is 3.04. The molecular weight excluding hydrogens is 296 g/mol. The Hall–Kier alpha value is -2.18. The molecule has 23 heavy (non-hydrogen) atoms. The monoisotopic (exact) mass is 320 g/mol. The summed E-state index contributed by atoms with van der Waals surface area (Å²) in [5, 5.41) is 0. The Kier molecular flexibility index (Phi) is 3.74. The van der Waals surface area contributed by atoms with Crippen molar-refractivity contribution in [1.82, 2.24) is 18.9 Å². The number of piperidine rings is 1. The summed E-state index contributed by atoms with van der Waals surface area (Å²) in [7, 11) is 0. The molecule has 0 radical (unpaired) electrons. The first-order valence-electron chi connectivity index (χ1n) is 8.01. The normalized spacial score (nSPS) is 17.0. The Balaban J connectivity index is 1.68. The van der Waals surface area contributed by atoms with Gasteiger partial charge in [-0.15, -0.1) is 0 Å². The molecule has 0 unspecified atom stereocenters. The van der Waals surface area contributed by atoms with Crippen LogP contribution in [0.2, 0.25) is 0 Å². The van der Waals surface area contributed by atoms with Crippen LogP contribution in [-0.2, 0) is 4.74 Å². The van der Waals surface area contributed by atoms with Crippen LogP contribution >= 0.6 is 0 Å². The summed E-state index contributed by atoms with van der Waals surface area (Å²) in [4.78, 5) is 29.4. The number of carbonyl (C=O) groups excluding carboxylic acids is 1. The standard InChI is InChI=1S/C16H24N4O3/c1-11-9-20-13(17-11)10-19(14(20)21)12-5-7-18(8-6-12)15(22)23-16(2,3)4/h9-10,12,17H,5-8H2,1-4H3. The third-order valence-electron chi connectivity index (χ3n) is 4.11. The first-order chi connectivity index (χ1) is 10.7. The van der Waals surface area contributed by atoms with Crippen molar-refractivity contribution in [1.29, 1.82) is 0 Å². The molecule has 0 spiro atoms. The van der Waals surface area contributed by atoms with Crippen molar-refractivity contribution in [3.63, 3.8) is 0 Å². The largest absolute Gasteiger partial charge is 0.444 e. The highest BCUT2D eigenvalue weighted by Crippen LogP contribution is 2.23. The van der Waals surface area contributed by atoms with Crippen LogP contribution in [0.1, 0.15) is 45.3 Å². The van der Waals surface area contributed by atoms with Gasteiger partial charge in [-0.05, 0) is 40.5 Å². The predicted octanol–water partition coefficient (Wildman–Crippen LogP) is 2.31. The van der Waals surface area contributed by atoms with Crippen LogP contribution in [-0.4, -0.2) is 43.6 Å². The zero-order valence-electron chi connectivity index (χ0n) is 14.1. The Morgan fingerprint density at radius 1 is 1.26 bits per heavy atom. The molecule has 0 aromatic carbocycles. The van der Waals surface area contributed by atoms with Crippen LogP contribution < -0.4 is 5.69 Å². The van der Waals surface area contributed by atoms with Gasteiger partial charge in [0.25, 0.3) is 0 Å². The molecule has 2 aromatic heterocycles. The molecule has 0 atom stereocenters. The Bertz CT molecular complexity index is 769. The third kappa shape index (κ3) is 3.13. The van der Waals surface area contributed by atoms with E-state index in [0.717, 1.165) is 24.2 Å². The minimum atomic E-state index is -0.482. The summed E-state index contributed by atoms with van der Waals surface area (Å²) in [6, 6.07) is 0.120. The number of H-pyrrole nitrogens is 1. The van der Waals surface area contributed by atoms with E-state index < -0.39 is 5.60 Å². The Morgan fingerprint density at radius 2 is 1.91 bits per heavy atom. The van der Waals surface area contributed by atoms with E-state index in [1.165, 1.54) is 0 Å². The minimum absolute atomic E-state index is 0.0277. The average Bonchev–Trinajstić information content (AvgIpc) is 2.95. The highest BCUT2D eigenvalue weighted by molar-refractivity contribution is 5.68. The second kappa shape index (κ2) is 5.47. The molecule has 0 saturated carbocycles. The van der Waals surface area contributed by atoms with E-state index in [1.807, 2.05) is 40.1 Å². The molecule has 126 valence electrons. The molecule has 7 nitrogen and oxygen atoms in total. The lowest BCUT2D eigenvalue weighted by molar-refractivity contribution is 0.0187. The number of aromatic amines is 1. The number of ether oxygens (including phenoxy) is 1. The zero-order chi connectivity index (χ0) is 16.8. The van der Waals surface area contributed by atoms with Gasteiger partial charge in [0.15, 0.2) is 0 Å². The molecule has 1 saturated heterocycles. The van der Waals surface area contributed by atoms with Gasteiger partial charge in [-0.1, -0.05) is 0 Å². The van der Waals surface area contributed by atoms with Crippen LogP contribution in [0.5, 0.6) is 0 Å². The van der Waals surface area contributed by atoms with E-state index in [0.29, 0.717) is 13.1 Å². The van der Waals surface area contributed by atoms with Crippen molar-refractivity contribution < 1.29 is 9.53 Å². The maximum Gasteiger partial charge on any atom is 0.410 e. The number of aryl methyl sites for hydroxylation is 1. The van der Waals surface area contributed by atoms with Gasteiger partial charge in [-0.25, -0.2) is 9.59 Å². The van der Waals surface area contributed by atoms with Crippen molar-refractivity contribution in [2.45, 2.75) is 52.2 Å². The van der Waals surface area contributed by atoms with Crippen LogP contribution in [0.15, 0.2) is 17.2 Å². The smallest absolute Gasteiger partial charge is 0.410 e. The third-order valence-corrected chi connectivity index (χ3v) is 4.11. The molecule has 1 amide bonds. The van der Waals surface area contributed by atoms with Gasteiger partial charge in [0.2, 0.25) is 0 Å². The second-order valence-corrected chi connectivity index (χ2v) is 7.21. The lowest BCUT2D eigenvalue weighted by Gasteiger charge is -2.33. The number of amides is 1. The quantitative estimate of drug-likeness (QED) is 0.876. The summed E-state index contributed by atoms with van der Waals surface area (Å²) < 4.78 is 8.81. The second-order valence-electron chi connectivity index (χ2n) is 7.21. The molecule has 7 heteroatoms. The number of nitrogens with one attached hydrogen (secondary N) is 1. The molecule has 1 fully saturated rings. The van der Waals surface area contributed by atoms with E-state index in [2.05, 4.69) is 4.98 Å². The molecule has 1 aliphatic heterocycles. The van der Waals surface area contributed by atoms with Crippen molar-refractivity contribution in [3.8, 4) is 0 Å². The number of imidazole rings is 2. The summed E-state index contributed by atoms with van der Waals surface area (Å²) in [6.45, 7) is 8.73. The van der Waals surface area contributed by atoms with Crippen molar-refractivity contribution in [2.75, 3.05) is 13.1 Å². The lowest BCUT2D eigenvalue weighted by Crippen LogP contribution is -2.43. The Labute approximate surface area is 134 Å². The van der Waals surface area contributed by atoms with Crippen LogP contribution in [0.3, 0.4) is 0 Å². The van der Waals surface area contributed by atoms with E-state index in [1.54, 1.807) is 13.9 Å². The number of nitrogens with zero attached hydrogens (tertiary/aromatic N) is 3. The van der Waals surface area contributed by atoms with Gasteiger partial charge in [0, 0.05) is 31.0 Å². The van der Waals surface area contributed by atoms with Crippen molar-refractivity contribution in [3.05, 3.63) is 28.6 Å². The first-order valence-corrected chi connectivity index (χ1v) is 8.01. The van der Waals surface area contributed by atoms with Crippen LogP contribution in [0.4, 0.5) is 4.79 Å². The number of carbonyl (C=O) groups is 1. The minimum Gasteiger partial charge on any atom is -0.444 e. The maximum absolute atomic E-state index is 12.4. The van der Waals surface area contributed by atoms with Gasteiger partial charge in [-0.3, -0.25) is 8.97 Å².